The molecule has 0 amide bonds. The third-order valence-corrected chi connectivity index (χ3v) is 3.39. The number of hydrogen-bond donors (Lipinski definition) is 0. The van der Waals surface area contributed by atoms with Crippen LogP contribution in [0, 0.1) is 0 Å². The molecule has 0 heterocycles. The maximum absolute atomic E-state index is 11.4. The highest BCUT2D eigenvalue weighted by molar-refractivity contribution is 9.09. The van der Waals surface area contributed by atoms with E-state index in [1.54, 1.807) is 12.1 Å². The number of alkyl halides is 1. The van der Waals surface area contributed by atoms with Gasteiger partial charge in [0.15, 0.2) is 9.84 Å². The van der Waals surface area contributed by atoms with Crippen LogP contribution in [0.3, 0.4) is 0 Å². The molecule has 0 saturated heterocycles. The Morgan fingerprint density at radius 3 is 2.43 bits per heavy atom. The van der Waals surface area contributed by atoms with Crippen molar-refractivity contribution in [3.63, 3.8) is 0 Å². The minimum absolute atomic E-state index is 0.283. The molecule has 1 unspecified atom stereocenters. The second-order valence-corrected chi connectivity index (χ2v) is 6.91. The van der Waals surface area contributed by atoms with E-state index in [4.69, 9.17) is 0 Å². The molecule has 0 radical (unpaired) electrons. The fourth-order valence-corrected chi connectivity index (χ4v) is 2.64. The van der Waals surface area contributed by atoms with Crippen molar-refractivity contribution in [1.29, 1.82) is 0 Å². The largest absolute Gasteiger partial charge is 0.224 e. The number of hydrogen-bond acceptors (Lipinski definition) is 2. The molecule has 0 fully saturated rings. The zero-order valence-corrected chi connectivity index (χ0v) is 10.6. The highest BCUT2D eigenvalue weighted by atomic mass is 79.9. The lowest BCUT2D eigenvalue weighted by atomic mass is 10.1. The van der Waals surface area contributed by atoms with Crippen LogP contribution in [0.5, 0.6) is 0 Å². The summed E-state index contributed by atoms with van der Waals surface area (Å²) in [4.78, 5) is 0.719. The van der Waals surface area contributed by atoms with E-state index in [1.165, 1.54) is 6.26 Å². The minimum atomic E-state index is -3.10. The monoisotopic (exact) mass is 276 g/mol. The van der Waals surface area contributed by atoms with E-state index in [0.29, 0.717) is 4.90 Å². The zero-order chi connectivity index (χ0) is 10.8. The van der Waals surface area contributed by atoms with Gasteiger partial charge in [0.1, 0.15) is 0 Å². The van der Waals surface area contributed by atoms with E-state index in [9.17, 15) is 8.42 Å². The molecule has 0 aliphatic carbocycles. The van der Waals surface area contributed by atoms with Crippen LogP contribution in [0.15, 0.2) is 29.2 Å². The SMILES string of the molecule is CC(Br)Cc1ccccc1S(C)(=O)=O. The standard InChI is InChI=1S/C10H13BrO2S/c1-8(11)7-9-5-3-4-6-10(9)14(2,12)13/h3-6,8H,7H2,1-2H3. The predicted octanol–water partition coefficient (Wildman–Crippen LogP) is 2.42. The summed E-state index contributed by atoms with van der Waals surface area (Å²) in [6.07, 6.45) is 1.97. The summed E-state index contributed by atoms with van der Waals surface area (Å²) >= 11 is 3.42. The van der Waals surface area contributed by atoms with Gasteiger partial charge < -0.3 is 0 Å². The van der Waals surface area contributed by atoms with Crippen LogP contribution in [0.2, 0.25) is 0 Å². The van der Waals surface area contributed by atoms with Crippen LogP contribution in [0.4, 0.5) is 0 Å². The molecule has 1 rings (SSSR count). The smallest absolute Gasteiger partial charge is 0.175 e. The molecule has 1 atom stereocenters. The van der Waals surface area contributed by atoms with Crippen LogP contribution in [0.1, 0.15) is 12.5 Å². The Hall–Kier alpha value is -0.350. The minimum Gasteiger partial charge on any atom is -0.224 e. The molecule has 14 heavy (non-hydrogen) atoms. The molecular formula is C10H13BrO2S. The molecule has 0 saturated carbocycles. The first-order valence-electron chi connectivity index (χ1n) is 4.33. The fraction of sp³-hybridized carbons (Fsp3) is 0.400. The van der Waals surface area contributed by atoms with Crippen LogP contribution < -0.4 is 0 Å². The number of sulfone groups is 1. The van der Waals surface area contributed by atoms with Gasteiger partial charge in [-0.25, -0.2) is 8.42 Å². The predicted molar refractivity (Wildman–Crippen MR) is 61.6 cm³/mol. The Morgan fingerprint density at radius 2 is 1.93 bits per heavy atom. The highest BCUT2D eigenvalue weighted by Crippen LogP contribution is 2.18. The van der Waals surface area contributed by atoms with Gasteiger partial charge >= 0.3 is 0 Å². The Morgan fingerprint density at radius 1 is 1.36 bits per heavy atom. The molecule has 4 heteroatoms. The van der Waals surface area contributed by atoms with Gasteiger partial charge in [0.05, 0.1) is 4.90 Å². The maximum Gasteiger partial charge on any atom is 0.175 e. The summed E-state index contributed by atoms with van der Waals surface area (Å²) in [5.74, 6) is 0. The Kier molecular flexibility index (Phi) is 3.72. The fourth-order valence-electron chi connectivity index (χ4n) is 1.34. The normalized spacial score (nSPS) is 13.9. The van der Waals surface area contributed by atoms with Crippen molar-refractivity contribution in [1.82, 2.24) is 0 Å². The van der Waals surface area contributed by atoms with Crippen molar-refractivity contribution in [2.75, 3.05) is 6.26 Å². The lowest BCUT2D eigenvalue weighted by molar-refractivity contribution is 0.600. The molecule has 0 aromatic heterocycles. The average molecular weight is 277 g/mol. The Bertz CT molecular complexity index is 410. The van der Waals surface area contributed by atoms with Crippen LogP contribution >= 0.6 is 15.9 Å². The van der Waals surface area contributed by atoms with Gasteiger partial charge in [0.25, 0.3) is 0 Å². The first-order chi connectivity index (χ1) is 6.41. The van der Waals surface area contributed by atoms with Gasteiger partial charge in [-0.15, -0.1) is 0 Å². The topological polar surface area (TPSA) is 34.1 Å². The maximum atomic E-state index is 11.4. The van der Waals surface area contributed by atoms with E-state index in [0.717, 1.165) is 12.0 Å². The lowest BCUT2D eigenvalue weighted by Gasteiger charge is -2.08. The molecule has 0 spiro atoms. The van der Waals surface area contributed by atoms with E-state index >= 15 is 0 Å². The quantitative estimate of drug-likeness (QED) is 0.795. The summed E-state index contributed by atoms with van der Waals surface area (Å²) in [6.45, 7) is 2.00. The summed E-state index contributed by atoms with van der Waals surface area (Å²) in [6, 6.07) is 7.12. The average Bonchev–Trinajstić information content (AvgIpc) is 2.01. The van der Waals surface area contributed by atoms with Crippen molar-refractivity contribution in [3.05, 3.63) is 29.8 Å². The molecule has 78 valence electrons. The van der Waals surface area contributed by atoms with E-state index in [-0.39, 0.29) is 4.83 Å². The van der Waals surface area contributed by atoms with E-state index in [1.807, 2.05) is 19.1 Å². The number of benzene rings is 1. The number of halogens is 1. The molecule has 1 aromatic carbocycles. The Balaban J connectivity index is 3.17. The van der Waals surface area contributed by atoms with Crippen molar-refractivity contribution in [3.8, 4) is 0 Å². The Labute approximate surface area is 93.4 Å². The molecule has 0 bridgehead atoms. The highest BCUT2D eigenvalue weighted by Gasteiger charge is 2.13. The van der Waals surface area contributed by atoms with Gasteiger partial charge in [-0.2, -0.15) is 0 Å². The third-order valence-electron chi connectivity index (χ3n) is 1.87. The molecule has 0 N–H and O–H groups in total. The second kappa shape index (κ2) is 4.45. The van der Waals surface area contributed by atoms with Crippen molar-refractivity contribution >= 4 is 25.8 Å². The molecule has 2 nitrogen and oxygen atoms in total. The molecule has 1 aromatic rings. The van der Waals surface area contributed by atoms with Gasteiger partial charge in [0, 0.05) is 11.1 Å². The molecule has 0 aliphatic rings. The van der Waals surface area contributed by atoms with Crippen molar-refractivity contribution < 1.29 is 8.42 Å². The van der Waals surface area contributed by atoms with Crippen molar-refractivity contribution in [2.45, 2.75) is 23.1 Å². The van der Waals surface area contributed by atoms with Gasteiger partial charge in [-0.3, -0.25) is 0 Å². The summed E-state index contributed by atoms with van der Waals surface area (Å²) < 4.78 is 22.8. The van der Waals surface area contributed by atoms with Gasteiger partial charge in [-0.1, -0.05) is 41.1 Å². The summed E-state index contributed by atoms with van der Waals surface area (Å²) in [5, 5.41) is 0. The lowest BCUT2D eigenvalue weighted by Crippen LogP contribution is -2.05. The van der Waals surface area contributed by atoms with Gasteiger partial charge in [-0.05, 0) is 18.1 Å². The number of rotatable bonds is 3. The van der Waals surface area contributed by atoms with Crippen molar-refractivity contribution in [2.24, 2.45) is 0 Å². The first kappa shape index (κ1) is 11.7. The molecule has 0 aliphatic heterocycles. The van der Waals surface area contributed by atoms with E-state index in [2.05, 4.69) is 15.9 Å². The second-order valence-electron chi connectivity index (χ2n) is 3.36. The van der Waals surface area contributed by atoms with E-state index < -0.39 is 9.84 Å². The first-order valence-corrected chi connectivity index (χ1v) is 7.14. The zero-order valence-electron chi connectivity index (χ0n) is 8.20. The van der Waals surface area contributed by atoms with Crippen LogP contribution in [-0.2, 0) is 16.3 Å². The summed E-state index contributed by atoms with van der Waals surface area (Å²) in [7, 11) is -3.10. The van der Waals surface area contributed by atoms with Crippen LogP contribution in [-0.4, -0.2) is 19.5 Å². The van der Waals surface area contributed by atoms with Gasteiger partial charge in [0.2, 0.25) is 0 Å². The van der Waals surface area contributed by atoms with Crippen LogP contribution in [0.25, 0.3) is 0 Å². The summed E-state index contributed by atoms with van der Waals surface area (Å²) in [5.41, 5.74) is 0.874. The molecular weight excluding hydrogens is 264 g/mol. The third kappa shape index (κ3) is 3.10.